The van der Waals surface area contributed by atoms with Gasteiger partial charge in [0, 0.05) is 24.0 Å². The average Bonchev–Trinajstić information content (AvgIpc) is 2.73. The Morgan fingerprint density at radius 2 is 2.28 bits per heavy atom. The minimum absolute atomic E-state index is 0.0809. The molecule has 1 saturated carbocycles. The van der Waals surface area contributed by atoms with Gasteiger partial charge in [-0.3, -0.25) is 4.79 Å². The Hall–Kier alpha value is -1.06. The SMILES string of the molecule is N[C@@H]1CCC[C@H]1CC(=O)NCc1cccc(Cl)c1. The Labute approximate surface area is 113 Å². The van der Waals surface area contributed by atoms with Crippen molar-refractivity contribution in [1.82, 2.24) is 5.32 Å². The first-order chi connectivity index (χ1) is 8.65. The molecule has 1 aliphatic rings. The fraction of sp³-hybridized carbons (Fsp3) is 0.500. The molecule has 1 amide bonds. The Balaban J connectivity index is 1.78. The first-order valence-electron chi connectivity index (χ1n) is 6.42. The molecule has 0 aromatic heterocycles. The molecule has 0 radical (unpaired) electrons. The van der Waals surface area contributed by atoms with E-state index in [1.54, 1.807) is 0 Å². The van der Waals surface area contributed by atoms with Crippen molar-refractivity contribution < 1.29 is 4.79 Å². The smallest absolute Gasteiger partial charge is 0.220 e. The van der Waals surface area contributed by atoms with Gasteiger partial charge < -0.3 is 11.1 Å². The van der Waals surface area contributed by atoms with Crippen LogP contribution < -0.4 is 11.1 Å². The van der Waals surface area contributed by atoms with E-state index in [0.29, 0.717) is 23.9 Å². The first kappa shape index (κ1) is 13.4. The van der Waals surface area contributed by atoms with Crippen LogP contribution >= 0.6 is 11.6 Å². The highest BCUT2D eigenvalue weighted by atomic mass is 35.5. The Morgan fingerprint density at radius 3 is 2.94 bits per heavy atom. The molecule has 0 unspecified atom stereocenters. The number of halogens is 1. The zero-order chi connectivity index (χ0) is 13.0. The molecule has 1 aliphatic carbocycles. The van der Waals surface area contributed by atoms with E-state index >= 15 is 0 Å². The van der Waals surface area contributed by atoms with Crippen molar-refractivity contribution in [3.8, 4) is 0 Å². The minimum atomic E-state index is 0.0809. The summed E-state index contributed by atoms with van der Waals surface area (Å²) >= 11 is 5.89. The fourth-order valence-corrected chi connectivity index (χ4v) is 2.69. The van der Waals surface area contributed by atoms with Crippen LogP contribution in [0.5, 0.6) is 0 Å². The summed E-state index contributed by atoms with van der Waals surface area (Å²) in [5, 5.41) is 3.61. The maximum Gasteiger partial charge on any atom is 0.220 e. The van der Waals surface area contributed by atoms with Gasteiger partial charge in [0.25, 0.3) is 0 Å². The molecule has 2 atom stereocenters. The predicted octanol–water partition coefficient (Wildman–Crippen LogP) is 2.47. The van der Waals surface area contributed by atoms with E-state index in [2.05, 4.69) is 5.32 Å². The van der Waals surface area contributed by atoms with Crippen LogP contribution in [0, 0.1) is 5.92 Å². The van der Waals surface area contributed by atoms with Crippen LogP contribution in [-0.2, 0) is 11.3 Å². The standard InChI is InChI=1S/C14H19ClN2O/c15-12-5-1-3-10(7-12)9-17-14(18)8-11-4-2-6-13(11)16/h1,3,5,7,11,13H,2,4,6,8-9,16H2,(H,17,18)/t11-,13+/m0/s1. The third-order valence-electron chi connectivity index (χ3n) is 3.54. The molecule has 0 aliphatic heterocycles. The van der Waals surface area contributed by atoms with Crippen molar-refractivity contribution >= 4 is 17.5 Å². The zero-order valence-corrected chi connectivity index (χ0v) is 11.1. The maximum absolute atomic E-state index is 11.8. The van der Waals surface area contributed by atoms with E-state index in [0.717, 1.165) is 24.8 Å². The number of hydrogen-bond donors (Lipinski definition) is 2. The number of hydrogen-bond acceptors (Lipinski definition) is 2. The molecule has 0 heterocycles. The highest BCUT2D eigenvalue weighted by Crippen LogP contribution is 2.26. The van der Waals surface area contributed by atoms with Crippen molar-refractivity contribution in [2.75, 3.05) is 0 Å². The van der Waals surface area contributed by atoms with E-state index in [9.17, 15) is 4.79 Å². The van der Waals surface area contributed by atoms with Crippen molar-refractivity contribution in [2.45, 2.75) is 38.3 Å². The number of carbonyl (C=O) groups excluding carboxylic acids is 1. The van der Waals surface area contributed by atoms with Gasteiger partial charge in [0.05, 0.1) is 0 Å². The topological polar surface area (TPSA) is 55.1 Å². The lowest BCUT2D eigenvalue weighted by molar-refractivity contribution is -0.122. The normalized spacial score (nSPS) is 23.0. The maximum atomic E-state index is 11.8. The van der Waals surface area contributed by atoms with Gasteiger partial charge in [-0.25, -0.2) is 0 Å². The van der Waals surface area contributed by atoms with E-state index in [4.69, 9.17) is 17.3 Å². The molecule has 0 bridgehead atoms. The van der Waals surface area contributed by atoms with Gasteiger partial charge in [0.15, 0.2) is 0 Å². The summed E-state index contributed by atoms with van der Waals surface area (Å²) in [5.74, 6) is 0.432. The van der Waals surface area contributed by atoms with E-state index < -0.39 is 0 Å². The number of nitrogens with one attached hydrogen (secondary N) is 1. The summed E-state index contributed by atoms with van der Waals surface area (Å²) < 4.78 is 0. The predicted molar refractivity (Wildman–Crippen MR) is 73.2 cm³/mol. The second-order valence-electron chi connectivity index (χ2n) is 4.97. The zero-order valence-electron chi connectivity index (χ0n) is 10.4. The van der Waals surface area contributed by atoms with Gasteiger partial charge in [-0.05, 0) is 36.5 Å². The number of benzene rings is 1. The lowest BCUT2D eigenvalue weighted by atomic mass is 10.00. The Morgan fingerprint density at radius 1 is 1.44 bits per heavy atom. The van der Waals surface area contributed by atoms with Crippen LogP contribution in [0.2, 0.25) is 5.02 Å². The second-order valence-corrected chi connectivity index (χ2v) is 5.40. The molecule has 3 nitrogen and oxygen atoms in total. The number of rotatable bonds is 4. The molecule has 98 valence electrons. The van der Waals surface area contributed by atoms with Crippen LogP contribution in [0.15, 0.2) is 24.3 Å². The molecule has 2 rings (SSSR count). The molecule has 1 fully saturated rings. The summed E-state index contributed by atoms with van der Waals surface area (Å²) in [7, 11) is 0. The summed E-state index contributed by atoms with van der Waals surface area (Å²) in [6, 6.07) is 7.72. The van der Waals surface area contributed by atoms with Crippen LogP contribution in [0.4, 0.5) is 0 Å². The quantitative estimate of drug-likeness (QED) is 0.880. The summed E-state index contributed by atoms with van der Waals surface area (Å²) in [4.78, 5) is 11.8. The fourth-order valence-electron chi connectivity index (χ4n) is 2.48. The minimum Gasteiger partial charge on any atom is -0.352 e. The third kappa shape index (κ3) is 3.72. The lowest BCUT2D eigenvalue weighted by Crippen LogP contribution is -2.31. The first-order valence-corrected chi connectivity index (χ1v) is 6.79. The largest absolute Gasteiger partial charge is 0.352 e. The summed E-state index contributed by atoms with van der Waals surface area (Å²) in [5.41, 5.74) is 6.98. The Bertz CT molecular complexity index is 422. The molecule has 18 heavy (non-hydrogen) atoms. The average molecular weight is 267 g/mol. The molecule has 0 saturated heterocycles. The van der Waals surface area contributed by atoms with Gasteiger partial charge in [0.2, 0.25) is 5.91 Å². The van der Waals surface area contributed by atoms with E-state index in [-0.39, 0.29) is 11.9 Å². The number of nitrogens with two attached hydrogens (primary N) is 1. The second kappa shape index (κ2) is 6.21. The molecule has 1 aromatic rings. The highest BCUT2D eigenvalue weighted by Gasteiger charge is 2.25. The van der Waals surface area contributed by atoms with Crippen LogP contribution in [0.3, 0.4) is 0 Å². The molecule has 1 aromatic carbocycles. The molecule has 0 spiro atoms. The highest BCUT2D eigenvalue weighted by molar-refractivity contribution is 6.30. The number of amides is 1. The Kier molecular flexibility index (Phi) is 4.61. The van der Waals surface area contributed by atoms with Crippen molar-refractivity contribution in [3.63, 3.8) is 0 Å². The van der Waals surface area contributed by atoms with E-state index in [1.807, 2.05) is 24.3 Å². The van der Waals surface area contributed by atoms with Gasteiger partial charge in [-0.15, -0.1) is 0 Å². The molecule has 4 heteroatoms. The van der Waals surface area contributed by atoms with Gasteiger partial charge in [0.1, 0.15) is 0 Å². The van der Waals surface area contributed by atoms with Crippen molar-refractivity contribution in [2.24, 2.45) is 11.7 Å². The molecular formula is C14H19ClN2O. The van der Waals surface area contributed by atoms with Crippen molar-refractivity contribution in [1.29, 1.82) is 0 Å². The molecular weight excluding hydrogens is 248 g/mol. The molecule has 3 N–H and O–H groups in total. The van der Waals surface area contributed by atoms with Crippen molar-refractivity contribution in [3.05, 3.63) is 34.9 Å². The monoisotopic (exact) mass is 266 g/mol. The van der Waals surface area contributed by atoms with Gasteiger partial charge in [-0.2, -0.15) is 0 Å². The van der Waals surface area contributed by atoms with Gasteiger partial charge in [-0.1, -0.05) is 30.2 Å². The van der Waals surface area contributed by atoms with E-state index in [1.165, 1.54) is 0 Å². The van der Waals surface area contributed by atoms with Crippen LogP contribution in [-0.4, -0.2) is 11.9 Å². The van der Waals surface area contributed by atoms with Crippen LogP contribution in [0.1, 0.15) is 31.2 Å². The summed E-state index contributed by atoms with van der Waals surface area (Å²) in [6.45, 7) is 0.529. The lowest BCUT2D eigenvalue weighted by Gasteiger charge is -2.14. The third-order valence-corrected chi connectivity index (χ3v) is 3.78. The van der Waals surface area contributed by atoms with Gasteiger partial charge >= 0.3 is 0 Å². The van der Waals surface area contributed by atoms with Crippen LogP contribution in [0.25, 0.3) is 0 Å². The summed E-state index contributed by atoms with van der Waals surface area (Å²) in [6.07, 6.45) is 3.81. The number of carbonyl (C=O) groups is 1.